The maximum atomic E-state index is 13.3. The molecule has 1 heterocycles. The normalized spacial score (nSPS) is 17.1. The molecule has 0 aromatic heterocycles. The van der Waals surface area contributed by atoms with E-state index in [0.29, 0.717) is 6.54 Å². The number of nitrogens with zero attached hydrogens (tertiary/aromatic N) is 1. The van der Waals surface area contributed by atoms with Gasteiger partial charge in [-0.15, -0.1) is 0 Å². The SMILES string of the molecule is O=C(Nc1ccccc1Br)N[C@@H]1CCN(c2cccc(F)c2)C1. The van der Waals surface area contributed by atoms with E-state index in [2.05, 4.69) is 31.5 Å². The van der Waals surface area contributed by atoms with Crippen molar-refractivity contribution in [2.45, 2.75) is 12.5 Å². The van der Waals surface area contributed by atoms with Crippen molar-refractivity contribution in [3.63, 3.8) is 0 Å². The fourth-order valence-electron chi connectivity index (χ4n) is 2.69. The number of hydrogen-bond donors (Lipinski definition) is 2. The number of benzene rings is 2. The molecule has 2 amide bonds. The molecule has 0 spiro atoms. The van der Waals surface area contributed by atoms with Crippen LogP contribution in [0.25, 0.3) is 0 Å². The molecule has 0 unspecified atom stereocenters. The number of amides is 2. The van der Waals surface area contributed by atoms with E-state index in [-0.39, 0.29) is 17.9 Å². The predicted molar refractivity (Wildman–Crippen MR) is 93.3 cm³/mol. The molecule has 23 heavy (non-hydrogen) atoms. The standard InChI is InChI=1S/C17H17BrFN3O/c18-15-6-1-2-7-16(15)21-17(23)20-13-8-9-22(11-13)14-5-3-4-12(19)10-14/h1-7,10,13H,8-9,11H2,(H2,20,21,23)/t13-/m1/s1. The topological polar surface area (TPSA) is 44.4 Å². The van der Waals surface area contributed by atoms with Crippen LogP contribution in [0.5, 0.6) is 0 Å². The van der Waals surface area contributed by atoms with Crippen molar-refractivity contribution in [2.75, 3.05) is 23.3 Å². The molecule has 120 valence electrons. The highest BCUT2D eigenvalue weighted by Crippen LogP contribution is 2.22. The molecule has 0 aliphatic carbocycles. The van der Waals surface area contributed by atoms with Gasteiger partial charge in [-0.05, 0) is 52.7 Å². The van der Waals surface area contributed by atoms with Crippen molar-refractivity contribution in [3.8, 4) is 0 Å². The van der Waals surface area contributed by atoms with Crippen molar-refractivity contribution in [3.05, 3.63) is 58.8 Å². The highest BCUT2D eigenvalue weighted by molar-refractivity contribution is 9.10. The number of nitrogens with one attached hydrogen (secondary N) is 2. The van der Waals surface area contributed by atoms with Gasteiger partial charge in [0.1, 0.15) is 5.82 Å². The first-order chi connectivity index (χ1) is 11.1. The van der Waals surface area contributed by atoms with Crippen molar-refractivity contribution in [1.29, 1.82) is 0 Å². The van der Waals surface area contributed by atoms with E-state index in [9.17, 15) is 9.18 Å². The first-order valence-electron chi connectivity index (χ1n) is 7.44. The Morgan fingerprint density at radius 1 is 1.22 bits per heavy atom. The van der Waals surface area contributed by atoms with Gasteiger partial charge in [-0.25, -0.2) is 9.18 Å². The Hall–Kier alpha value is -2.08. The van der Waals surface area contributed by atoms with Crippen LogP contribution in [0.15, 0.2) is 53.0 Å². The van der Waals surface area contributed by atoms with Crippen LogP contribution in [0.3, 0.4) is 0 Å². The number of carbonyl (C=O) groups is 1. The Bertz CT molecular complexity index is 710. The summed E-state index contributed by atoms with van der Waals surface area (Å²) in [4.78, 5) is 14.2. The molecule has 2 aromatic rings. The van der Waals surface area contributed by atoms with Crippen LogP contribution in [0.2, 0.25) is 0 Å². The number of halogens is 2. The van der Waals surface area contributed by atoms with E-state index in [1.807, 2.05) is 30.3 Å². The summed E-state index contributed by atoms with van der Waals surface area (Å²) < 4.78 is 14.1. The maximum Gasteiger partial charge on any atom is 0.319 e. The number of hydrogen-bond acceptors (Lipinski definition) is 2. The number of urea groups is 1. The lowest BCUT2D eigenvalue weighted by Crippen LogP contribution is -2.39. The molecular weight excluding hydrogens is 361 g/mol. The van der Waals surface area contributed by atoms with Crippen molar-refractivity contribution >= 4 is 33.3 Å². The first kappa shape index (κ1) is 15.8. The van der Waals surface area contributed by atoms with Gasteiger partial charge in [-0.3, -0.25) is 0 Å². The third kappa shape index (κ3) is 4.01. The van der Waals surface area contributed by atoms with E-state index in [1.165, 1.54) is 12.1 Å². The zero-order valence-electron chi connectivity index (χ0n) is 12.4. The Morgan fingerprint density at radius 3 is 2.83 bits per heavy atom. The average Bonchev–Trinajstić information content (AvgIpc) is 2.98. The van der Waals surface area contributed by atoms with Crippen molar-refractivity contribution < 1.29 is 9.18 Å². The van der Waals surface area contributed by atoms with Crippen LogP contribution in [0, 0.1) is 5.82 Å². The summed E-state index contributed by atoms with van der Waals surface area (Å²) in [7, 11) is 0. The fourth-order valence-corrected chi connectivity index (χ4v) is 3.08. The second-order valence-corrected chi connectivity index (χ2v) is 6.34. The summed E-state index contributed by atoms with van der Waals surface area (Å²) >= 11 is 3.40. The highest BCUT2D eigenvalue weighted by Gasteiger charge is 2.24. The molecule has 0 bridgehead atoms. The summed E-state index contributed by atoms with van der Waals surface area (Å²) in [6.45, 7) is 1.47. The van der Waals surface area contributed by atoms with Gasteiger partial charge in [0.05, 0.1) is 5.69 Å². The van der Waals surface area contributed by atoms with Crippen LogP contribution >= 0.6 is 15.9 Å². The summed E-state index contributed by atoms with van der Waals surface area (Å²) in [6.07, 6.45) is 0.833. The zero-order chi connectivity index (χ0) is 16.2. The first-order valence-corrected chi connectivity index (χ1v) is 8.24. The van der Waals surface area contributed by atoms with E-state index in [4.69, 9.17) is 0 Å². The van der Waals surface area contributed by atoms with Gasteiger partial charge in [0, 0.05) is 29.3 Å². The lowest BCUT2D eigenvalue weighted by molar-refractivity contribution is 0.249. The van der Waals surface area contributed by atoms with E-state index in [1.54, 1.807) is 6.07 Å². The largest absolute Gasteiger partial charge is 0.369 e. The molecule has 1 aliphatic rings. The molecule has 0 saturated carbocycles. The number of rotatable bonds is 3. The third-order valence-electron chi connectivity index (χ3n) is 3.82. The van der Waals surface area contributed by atoms with Crippen LogP contribution < -0.4 is 15.5 Å². The van der Waals surface area contributed by atoms with Crippen LogP contribution in [-0.4, -0.2) is 25.2 Å². The summed E-state index contributed by atoms with van der Waals surface area (Å²) in [5.74, 6) is -0.245. The molecule has 4 nitrogen and oxygen atoms in total. The third-order valence-corrected chi connectivity index (χ3v) is 4.51. The number of anilines is 2. The minimum Gasteiger partial charge on any atom is -0.369 e. The minimum absolute atomic E-state index is 0.0424. The van der Waals surface area contributed by atoms with Crippen LogP contribution in [0.4, 0.5) is 20.6 Å². The van der Waals surface area contributed by atoms with E-state index in [0.717, 1.165) is 28.8 Å². The molecular formula is C17H17BrFN3O. The van der Waals surface area contributed by atoms with Gasteiger partial charge in [0.25, 0.3) is 0 Å². The summed E-state index contributed by atoms with van der Waals surface area (Å²) in [5.41, 5.74) is 1.57. The lowest BCUT2D eigenvalue weighted by Gasteiger charge is -2.19. The van der Waals surface area contributed by atoms with Gasteiger partial charge in [0.2, 0.25) is 0 Å². The van der Waals surface area contributed by atoms with Crippen LogP contribution in [-0.2, 0) is 0 Å². The lowest BCUT2D eigenvalue weighted by atomic mass is 10.2. The molecule has 1 fully saturated rings. The minimum atomic E-state index is -0.245. The van der Waals surface area contributed by atoms with Crippen molar-refractivity contribution in [1.82, 2.24) is 5.32 Å². The Morgan fingerprint density at radius 2 is 2.04 bits per heavy atom. The zero-order valence-corrected chi connectivity index (χ0v) is 14.0. The van der Waals surface area contributed by atoms with Crippen molar-refractivity contribution in [2.24, 2.45) is 0 Å². The quantitative estimate of drug-likeness (QED) is 0.849. The molecule has 6 heteroatoms. The molecule has 2 N–H and O–H groups in total. The molecule has 1 saturated heterocycles. The van der Waals surface area contributed by atoms with Gasteiger partial charge in [-0.2, -0.15) is 0 Å². The Labute approximate surface area is 142 Å². The molecule has 2 aromatic carbocycles. The molecule has 3 rings (SSSR count). The second kappa shape index (κ2) is 7.00. The highest BCUT2D eigenvalue weighted by atomic mass is 79.9. The fraction of sp³-hybridized carbons (Fsp3) is 0.235. The van der Waals surface area contributed by atoms with Gasteiger partial charge in [0.15, 0.2) is 0 Å². The van der Waals surface area contributed by atoms with E-state index >= 15 is 0 Å². The Kier molecular flexibility index (Phi) is 4.81. The maximum absolute atomic E-state index is 13.3. The molecule has 0 radical (unpaired) electrons. The predicted octanol–water partition coefficient (Wildman–Crippen LogP) is 3.99. The molecule has 1 aliphatic heterocycles. The smallest absolute Gasteiger partial charge is 0.319 e. The average molecular weight is 378 g/mol. The molecule has 1 atom stereocenters. The Balaban J connectivity index is 1.55. The van der Waals surface area contributed by atoms with Gasteiger partial charge < -0.3 is 15.5 Å². The summed E-state index contributed by atoms with van der Waals surface area (Å²) in [6, 6.07) is 13.8. The second-order valence-electron chi connectivity index (χ2n) is 5.49. The monoisotopic (exact) mass is 377 g/mol. The number of carbonyl (C=O) groups excluding carboxylic acids is 1. The van der Waals surface area contributed by atoms with E-state index < -0.39 is 0 Å². The van der Waals surface area contributed by atoms with Crippen LogP contribution in [0.1, 0.15) is 6.42 Å². The van der Waals surface area contributed by atoms with Gasteiger partial charge in [-0.1, -0.05) is 18.2 Å². The summed E-state index contributed by atoms with van der Waals surface area (Å²) in [5, 5.41) is 5.79. The number of para-hydroxylation sites is 1. The van der Waals surface area contributed by atoms with Gasteiger partial charge >= 0.3 is 6.03 Å².